The number of amides is 4. The Kier molecular flexibility index (Phi) is 5.02. The van der Waals surface area contributed by atoms with Crippen molar-refractivity contribution < 1.29 is 19.2 Å². The Morgan fingerprint density at radius 2 is 1.65 bits per heavy atom. The van der Waals surface area contributed by atoms with Crippen molar-refractivity contribution in [2.75, 3.05) is 11.9 Å². The predicted octanol–water partition coefficient (Wildman–Crippen LogP) is 3.45. The smallest absolute Gasteiger partial charge is 0.324 e. The third-order valence-corrected chi connectivity index (χ3v) is 5.49. The number of rotatable bonds is 5. The number of Topliss-reactive ketones (excluding diaryl/α,β-unsaturated/α-hetero) is 1. The summed E-state index contributed by atoms with van der Waals surface area (Å²) in [7, 11) is 0. The first-order valence-electron chi connectivity index (χ1n) is 9.83. The van der Waals surface area contributed by atoms with E-state index < -0.39 is 29.9 Å². The maximum atomic E-state index is 13.3. The van der Waals surface area contributed by atoms with Gasteiger partial charge < -0.3 is 10.6 Å². The molecule has 1 unspecified atom stereocenters. The molecule has 0 saturated carbocycles. The summed E-state index contributed by atoms with van der Waals surface area (Å²) < 4.78 is 0. The molecule has 4 amide bonds. The second-order valence-corrected chi connectivity index (χ2v) is 7.62. The first-order valence-corrected chi connectivity index (χ1v) is 9.83. The van der Waals surface area contributed by atoms with Crippen molar-refractivity contribution >= 4 is 40.1 Å². The second kappa shape index (κ2) is 7.68. The average molecular weight is 415 g/mol. The largest absolute Gasteiger partial charge is 0.325 e. The van der Waals surface area contributed by atoms with Crippen molar-refractivity contribution in [1.82, 2.24) is 10.2 Å². The molecular formula is C24H21N3O4. The summed E-state index contributed by atoms with van der Waals surface area (Å²) in [4.78, 5) is 51.1. The lowest BCUT2D eigenvalue weighted by atomic mass is 9.88. The van der Waals surface area contributed by atoms with E-state index in [-0.39, 0.29) is 5.78 Å². The van der Waals surface area contributed by atoms with E-state index in [4.69, 9.17) is 0 Å². The van der Waals surface area contributed by atoms with Crippen LogP contribution >= 0.6 is 0 Å². The molecule has 1 saturated heterocycles. The van der Waals surface area contributed by atoms with Gasteiger partial charge in [-0.2, -0.15) is 0 Å². The van der Waals surface area contributed by atoms with Crippen LogP contribution in [0.3, 0.4) is 0 Å². The number of hydrogen-bond acceptors (Lipinski definition) is 4. The summed E-state index contributed by atoms with van der Waals surface area (Å²) in [6.07, 6.45) is 0. The molecule has 0 bridgehead atoms. The van der Waals surface area contributed by atoms with E-state index in [2.05, 4.69) is 10.6 Å². The Balaban J connectivity index is 1.59. The number of anilines is 1. The Hall–Kier alpha value is -4.00. The van der Waals surface area contributed by atoms with Crippen LogP contribution in [0.1, 0.15) is 29.8 Å². The molecule has 156 valence electrons. The number of nitrogens with one attached hydrogen (secondary N) is 2. The molecule has 1 aliphatic rings. The van der Waals surface area contributed by atoms with Crippen LogP contribution in [0.15, 0.2) is 66.7 Å². The van der Waals surface area contributed by atoms with Gasteiger partial charge in [0.05, 0.1) is 5.69 Å². The number of hydrogen-bond donors (Lipinski definition) is 2. The summed E-state index contributed by atoms with van der Waals surface area (Å²) >= 11 is 0. The van der Waals surface area contributed by atoms with Crippen LogP contribution in [-0.4, -0.2) is 35.1 Å². The molecular weight excluding hydrogens is 394 g/mol. The lowest BCUT2D eigenvalue weighted by Gasteiger charge is -2.24. The van der Waals surface area contributed by atoms with Crippen molar-refractivity contribution in [3.8, 4) is 0 Å². The highest BCUT2D eigenvalue weighted by atomic mass is 16.2. The second-order valence-electron chi connectivity index (χ2n) is 7.62. The molecule has 31 heavy (non-hydrogen) atoms. The van der Waals surface area contributed by atoms with Crippen LogP contribution in [0, 0.1) is 0 Å². The zero-order valence-corrected chi connectivity index (χ0v) is 17.1. The highest BCUT2D eigenvalue weighted by Gasteiger charge is 2.50. The molecule has 0 spiro atoms. The van der Waals surface area contributed by atoms with E-state index >= 15 is 0 Å². The molecule has 4 rings (SSSR count). The van der Waals surface area contributed by atoms with Gasteiger partial charge in [-0.15, -0.1) is 0 Å². The number of ketones is 1. The quantitative estimate of drug-likeness (QED) is 0.493. The first kappa shape index (κ1) is 20.3. The van der Waals surface area contributed by atoms with E-state index in [1.54, 1.807) is 37.3 Å². The van der Waals surface area contributed by atoms with Gasteiger partial charge in [0.2, 0.25) is 5.91 Å². The monoisotopic (exact) mass is 415 g/mol. The van der Waals surface area contributed by atoms with Crippen LogP contribution in [0.4, 0.5) is 10.5 Å². The highest BCUT2D eigenvalue weighted by Crippen LogP contribution is 2.33. The molecule has 1 fully saturated rings. The van der Waals surface area contributed by atoms with E-state index in [1.807, 2.05) is 36.4 Å². The normalized spacial score (nSPS) is 18.2. The number of carbonyl (C=O) groups excluding carboxylic acids is 4. The maximum Gasteiger partial charge on any atom is 0.325 e. The third kappa shape index (κ3) is 3.54. The van der Waals surface area contributed by atoms with E-state index in [9.17, 15) is 19.2 Å². The third-order valence-electron chi connectivity index (χ3n) is 5.49. The number of para-hydroxylation sites is 1. The van der Waals surface area contributed by atoms with Crippen molar-refractivity contribution in [1.29, 1.82) is 0 Å². The molecule has 3 aromatic rings. The van der Waals surface area contributed by atoms with Gasteiger partial charge in [0.1, 0.15) is 12.1 Å². The fourth-order valence-corrected chi connectivity index (χ4v) is 3.92. The van der Waals surface area contributed by atoms with Crippen LogP contribution in [0.5, 0.6) is 0 Å². The first-order chi connectivity index (χ1) is 14.8. The lowest BCUT2D eigenvalue weighted by molar-refractivity contribution is -0.133. The molecule has 0 aromatic heterocycles. The number of imide groups is 1. The van der Waals surface area contributed by atoms with Gasteiger partial charge in [-0.1, -0.05) is 54.6 Å². The summed E-state index contributed by atoms with van der Waals surface area (Å²) in [6.45, 7) is 2.58. The zero-order chi connectivity index (χ0) is 22.2. The summed E-state index contributed by atoms with van der Waals surface area (Å²) in [5.74, 6) is -1.28. The van der Waals surface area contributed by atoms with Crippen LogP contribution < -0.4 is 10.6 Å². The minimum Gasteiger partial charge on any atom is -0.324 e. The minimum absolute atomic E-state index is 0.200. The Bertz CT molecular complexity index is 1230. The number of carbonyl (C=O) groups is 4. The van der Waals surface area contributed by atoms with Gasteiger partial charge in [0, 0.05) is 5.56 Å². The summed E-state index contributed by atoms with van der Waals surface area (Å²) in [5, 5.41) is 7.16. The molecule has 1 atom stereocenters. The number of benzene rings is 3. The highest BCUT2D eigenvalue weighted by molar-refractivity contribution is 6.12. The Morgan fingerprint density at radius 1 is 0.968 bits per heavy atom. The van der Waals surface area contributed by atoms with Gasteiger partial charge in [-0.25, -0.2) is 4.79 Å². The van der Waals surface area contributed by atoms with Crippen molar-refractivity contribution in [2.45, 2.75) is 19.4 Å². The van der Waals surface area contributed by atoms with Gasteiger partial charge in [-0.3, -0.25) is 19.3 Å². The van der Waals surface area contributed by atoms with E-state index in [0.29, 0.717) is 16.8 Å². The molecule has 0 radical (unpaired) electrons. The van der Waals surface area contributed by atoms with E-state index in [0.717, 1.165) is 15.7 Å². The lowest BCUT2D eigenvalue weighted by Crippen LogP contribution is -2.42. The topological polar surface area (TPSA) is 95.6 Å². The zero-order valence-electron chi connectivity index (χ0n) is 17.1. The van der Waals surface area contributed by atoms with Gasteiger partial charge in [0.25, 0.3) is 5.91 Å². The molecule has 0 aliphatic carbocycles. The molecule has 1 heterocycles. The molecule has 7 heteroatoms. The predicted molar refractivity (Wildman–Crippen MR) is 117 cm³/mol. The van der Waals surface area contributed by atoms with Crippen molar-refractivity contribution in [3.63, 3.8) is 0 Å². The molecule has 7 nitrogen and oxygen atoms in total. The summed E-state index contributed by atoms with van der Waals surface area (Å²) in [6, 6.07) is 19.1. The van der Waals surface area contributed by atoms with Gasteiger partial charge >= 0.3 is 6.03 Å². The van der Waals surface area contributed by atoms with Gasteiger partial charge in [-0.05, 0) is 42.3 Å². The van der Waals surface area contributed by atoms with E-state index in [1.165, 1.54) is 6.92 Å². The maximum absolute atomic E-state index is 13.3. The number of fused-ring (bicyclic) bond motifs is 1. The summed E-state index contributed by atoms with van der Waals surface area (Å²) in [5.41, 5.74) is 0.0569. The number of urea groups is 1. The Labute approximate surface area is 179 Å². The fourth-order valence-electron chi connectivity index (χ4n) is 3.92. The van der Waals surface area contributed by atoms with Crippen LogP contribution in [0.2, 0.25) is 0 Å². The van der Waals surface area contributed by atoms with Crippen molar-refractivity contribution in [3.05, 3.63) is 77.9 Å². The molecule has 2 N–H and O–H groups in total. The molecule has 1 aliphatic heterocycles. The SMILES string of the molecule is CC(=O)c1ccccc1NC(=O)CN1C(=O)NC(C)(c2cccc3ccccc23)C1=O. The van der Waals surface area contributed by atoms with Crippen molar-refractivity contribution in [2.24, 2.45) is 0 Å². The van der Waals surface area contributed by atoms with Crippen LogP contribution in [0.25, 0.3) is 10.8 Å². The minimum atomic E-state index is -1.30. The Morgan fingerprint density at radius 3 is 2.42 bits per heavy atom. The average Bonchev–Trinajstić information content (AvgIpc) is 2.97. The van der Waals surface area contributed by atoms with Crippen LogP contribution in [-0.2, 0) is 15.1 Å². The molecule has 3 aromatic carbocycles. The fraction of sp³-hybridized carbons (Fsp3) is 0.167. The van der Waals surface area contributed by atoms with Gasteiger partial charge in [0.15, 0.2) is 5.78 Å². The standard InChI is InChI=1S/C24H21N3O4/c1-15(28)17-10-5-6-13-20(17)25-21(29)14-27-22(30)24(2,26-23(27)31)19-12-7-9-16-8-3-4-11-18(16)19/h3-13H,14H2,1-2H3,(H,25,29)(H,26,31). The number of nitrogens with zero attached hydrogens (tertiary/aromatic N) is 1.